The van der Waals surface area contributed by atoms with Gasteiger partial charge in [0.05, 0.1) is 5.02 Å². The van der Waals surface area contributed by atoms with E-state index in [0.29, 0.717) is 17.5 Å². The van der Waals surface area contributed by atoms with Crippen molar-refractivity contribution < 1.29 is 9.72 Å². The average Bonchev–Trinajstić information content (AvgIpc) is 2.38. The van der Waals surface area contributed by atoms with Crippen LogP contribution in [0.2, 0.25) is 5.02 Å². The molecule has 0 bridgehead atoms. The summed E-state index contributed by atoms with van der Waals surface area (Å²) in [5.74, 6) is 1.19. The molecule has 0 unspecified atom stereocenters. The van der Waals surface area contributed by atoms with Gasteiger partial charge in [-0.05, 0) is 29.7 Å². The molecule has 1 heterocycles. The minimum absolute atomic E-state index is 0.471. The minimum Gasteiger partial charge on any atom is -0.481 e. The van der Waals surface area contributed by atoms with Crippen LogP contribution in [0.25, 0.3) is 0 Å². The number of hydrogen-bond acceptors (Lipinski definition) is 1. The fourth-order valence-corrected chi connectivity index (χ4v) is 1.91. The highest BCUT2D eigenvalue weighted by Gasteiger charge is 2.07. The predicted molar refractivity (Wildman–Crippen MR) is 72.9 cm³/mol. The van der Waals surface area contributed by atoms with E-state index in [1.807, 2.05) is 36.5 Å². The molecule has 0 aliphatic rings. The van der Waals surface area contributed by atoms with Crippen molar-refractivity contribution in [2.75, 3.05) is 0 Å². The molecular formula is C15H17ClNO+. The van der Waals surface area contributed by atoms with E-state index in [2.05, 4.69) is 24.9 Å². The number of pyridine rings is 1. The lowest BCUT2D eigenvalue weighted by molar-refractivity contribution is -0.394. The van der Waals surface area contributed by atoms with E-state index in [1.165, 1.54) is 5.56 Å². The zero-order chi connectivity index (χ0) is 13.0. The number of aromatic amines is 1. The highest BCUT2D eigenvalue weighted by molar-refractivity contribution is 6.32. The summed E-state index contributed by atoms with van der Waals surface area (Å²) >= 11 is 6.20. The Morgan fingerprint density at radius 3 is 2.67 bits per heavy atom. The Labute approximate surface area is 113 Å². The van der Waals surface area contributed by atoms with Gasteiger partial charge in [0, 0.05) is 12.1 Å². The van der Waals surface area contributed by atoms with Crippen LogP contribution in [-0.4, -0.2) is 0 Å². The monoisotopic (exact) mass is 262 g/mol. The van der Waals surface area contributed by atoms with E-state index < -0.39 is 0 Å². The molecule has 0 radical (unpaired) electrons. The molecule has 1 N–H and O–H groups in total. The number of ether oxygens (including phenoxy) is 1. The number of rotatable bonds is 4. The van der Waals surface area contributed by atoms with Crippen LogP contribution in [0, 0.1) is 0 Å². The van der Waals surface area contributed by atoms with Gasteiger partial charge in [0.1, 0.15) is 5.75 Å². The Bertz CT molecular complexity index is 511. The third kappa shape index (κ3) is 3.23. The number of halogens is 1. The first-order valence-corrected chi connectivity index (χ1v) is 6.42. The molecule has 2 aromatic rings. The molecule has 0 spiro atoms. The molecule has 18 heavy (non-hydrogen) atoms. The number of hydrogen-bond donors (Lipinski definition) is 0. The molecule has 0 aliphatic carbocycles. The van der Waals surface area contributed by atoms with Gasteiger partial charge in [-0.15, -0.1) is 0 Å². The zero-order valence-electron chi connectivity index (χ0n) is 10.6. The Balaban J connectivity index is 2.06. The van der Waals surface area contributed by atoms with Crippen molar-refractivity contribution in [3.05, 3.63) is 58.9 Å². The normalized spacial score (nSPS) is 10.7. The summed E-state index contributed by atoms with van der Waals surface area (Å²) in [7, 11) is 0. The molecule has 0 atom stereocenters. The maximum Gasteiger partial charge on any atom is 0.217 e. The number of H-pyrrole nitrogens is 1. The molecule has 0 saturated carbocycles. The van der Waals surface area contributed by atoms with Crippen LogP contribution < -0.4 is 9.72 Å². The van der Waals surface area contributed by atoms with Crippen molar-refractivity contribution >= 4 is 11.6 Å². The van der Waals surface area contributed by atoms with E-state index >= 15 is 0 Å². The molecule has 0 fully saturated rings. The Morgan fingerprint density at radius 2 is 2.06 bits per heavy atom. The SMILES string of the molecule is CC(C)c1ccc(OCc2cccc[nH+]2)c(Cl)c1. The van der Waals surface area contributed by atoms with Gasteiger partial charge in [-0.1, -0.05) is 31.5 Å². The molecule has 0 amide bonds. The lowest BCUT2D eigenvalue weighted by Crippen LogP contribution is -2.12. The quantitative estimate of drug-likeness (QED) is 0.821. The fourth-order valence-electron chi connectivity index (χ4n) is 1.67. The van der Waals surface area contributed by atoms with Gasteiger partial charge < -0.3 is 4.74 Å². The van der Waals surface area contributed by atoms with Crippen LogP contribution in [-0.2, 0) is 6.61 Å². The van der Waals surface area contributed by atoms with Crippen molar-refractivity contribution in [1.29, 1.82) is 0 Å². The Kier molecular flexibility index (Phi) is 4.21. The average molecular weight is 263 g/mol. The number of benzene rings is 1. The van der Waals surface area contributed by atoms with Gasteiger partial charge in [-0.25, -0.2) is 4.98 Å². The second-order valence-electron chi connectivity index (χ2n) is 4.52. The molecule has 0 saturated heterocycles. The standard InChI is InChI=1S/C15H16ClNO/c1-11(2)12-6-7-15(14(16)9-12)18-10-13-5-3-4-8-17-13/h3-9,11H,10H2,1-2H3/p+1. The van der Waals surface area contributed by atoms with E-state index in [-0.39, 0.29) is 0 Å². The van der Waals surface area contributed by atoms with Gasteiger partial charge in [0.15, 0.2) is 12.8 Å². The van der Waals surface area contributed by atoms with Crippen LogP contribution in [0.5, 0.6) is 5.75 Å². The van der Waals surface area contributed by atoms with Gasteiger partial charge in [0.25, 0.3) is 0 Å². The van der Waals surface area contributed by atoms with E-state index in [9.17, 15) is 0 Å². The van der Waals surface area contributed by atoms with Crippen molar-refractivity contribution in [2.24, 2.45) is 0 Å². The van der Waals surface area contributed by atoms with Crippen LogP contribution in [0.4, 0.5) is 0 Å². The third-order valence-electron chi connectivity index (χ3n) is 2.78. The highest BCUT2D eigenvalue weighted by atomic mass is 35.5. The minimum atomic E-state index is 0.471. The summed E-state index contributed by atoms with van der Waals surface area (Å²) < 4.78 is 5.69. The summed E-state index contributed by atoms with van der Waals surface area (Å²) in [4.78, 5) is 3.12. The summed E-state index contributed by atoms with van der Waals surface area (Å²) in [6.45, 7) is 4.78. The van der Waals surface area contributed by atoms with Gasteiger partial charge in [-0.3, -0.25) is 0 Å². The zero-order valence-corrected chi connectivity index (χ0v) is 11.4. The summed E-state index contributed by atoms with van der Waals surface area (Å²) in [6, 6.07) is 11.8. The second kappa shape index (κ2) is 5.87. The molecule has 2 nitrogen and oxygen atoms in total. The maximum atomic E-state index is 6.20. The fraction of sp³-hybridized carbons (Fsp3) is 0.267. The largest absolute Gasteiger partial charge is 0.481 e. The van der Waals surface area contributed by atoms with E-state index in [4.69, 9.17) is 16.3 Å². The molecule has 1 aromatic heterocycles. The first-order chi connectivity index (χ1) is 8.66. The maximum absolute atomic E-state index is 6.20. The molecule has 1 aromatic carbocycles. The lowest BCUT2D eigenvalue weighted by atomic mass is 10.0. The van der Waals surface area contributed by atoms with E-state index in [0.717, 1.165) is 11.4 Å². The number of aromatic nitrogens is 1. The summed E-state index contributed by atoms with van der Waals surface area (Å²) in [6.07, 6.45) is 1.88. The lowest BCUT2D eigenvalue weighted by Gasteiger charge is -2.09. The van der Waals surface area contributed by atoms with Crippen LogP contribution in [0.1, 0.15) is 31.0 Å². The molecule has 3 heteroatoms. The Morgan fingerprint density at radius 1 is 1.22 bits per heavy atom. The van der Waals surface area contributed by atoms with Crippen LogP contribution in [0.15, 0.2) is 42.6 Å². The van der Waals surface area contributed by atoms with Crippen molar-refractivity contribution in [2.45, 2.75) is 26.4 Å². The van der Waals surface area contributed by atoms with Gasteiger partial charge in [0.2, 0.25) is 5.69 Å². The van der Waals surface area contributed by atoms with Gasteiger partial charge >= 0.3 is 0 Å². The summed E-state index contributed by atoms with van der Waals surface area (Å²) in [5, 5.41) is 0.664. The van der Waals surface area contributed by atoms with Crippen molar-refractivity contribution in [3.63, 3.8) is 0 Å². The smallest absolute Gasteiger partial charge is 0.217 e. The topological polar surface area (TPSA) is 23.4 Å². The molecular weight excluding hydrogens is 246 g/mol. The highest BCUT2D eigenvalue weighted by Crippen LogP contribution is 2.28. The molecule has 2 rings (SSSR count). The molecule has 0 aliphatic heterocycles. The van der Waals surface area contributed by atoms with Gasteiger partial charge in [-0.2, -0.15) is 0 Å². The third-order valence-corrected chi connectivity index (χ3v) is 3.07. The van der Waals surface area contributed by atoms with Crippen LogP contribution in [0.3, 0.4) is 0 Å². The van der Waals surface area contributed by atoms with Crippen LogP contribution >= 0.6 is 11.6 Å². The molecule has 94 valence electrons. The van der Waals surface area contributed by atoms with Crippen molar-refractivity contribution in [3.8, 4) is 5.75 Å². The van der Waals surface area contributed by atoms with E-state index in [1.54, 1.807) is 0 Å². The number of nitrogens with one attached hydrogen (secondary N) is 1. The first-order valence-electron chi connectivity index (χ1n) is 6.04. The second-order valence-corrected chi connectivity index (χ2v) is 4.93. The first kappa shape index (κ1) is 12.9. The Hall–Kier alpha value is -1.54. The van der Waals surface area contributed by atoms with Crippen molar-refractivity contribution in [1.82, 2.24) is 0 Å². The predicted octanol–water partition coefficient (Wildman–Crippen LogP) is 3.86. The summed E-state index contributed by atoms with van der Waals surface area (Å²) in [5.41, 5.74) is 2.24.